The van der Waals surface area contributed by atoms with E-state index in [0.29, 0.717) is 22.6 Å². The van der Waals surface area contributed by atoms with Gasteiger partial charge in [0.15, 0.2) is 0 Å². The van der Waals surface area contributed by atoms with Crippen molar-refractivity contribution < 1.29 is 9.13 Å². The van der Waals surface area contributed by atoms with Crippen molar-refractivity contribution in [2.24, 2.45) is 5.73 Å². The van der Waals surface area contributed by atoms with Gasteiger partial charge < -0.3 is 10.5 Å². The average Bonchev–Trinajstić information content (AvgIpc) is 2.41. The Hall–Kier alpha value is -2.38. The van der Waals surface area contributed by atoms with Crippen molar-refractivity contribution in [2.45, 2.75) is 19.9 Å². The fourth-order valence-electron chi connectivity index (χ4n) is 1.95. The van der Waals surface area contributed by atoms with Crippen molar-refractivity contribution in [3.05, 3.63) is 58.9 Å². The molecule has 20 heavy (non-hydrogen) atoms. The van der Waals surface area contributed by atoms with E-state index in [4.69, 9.17) is 15.7 Å². The number of halogens is 1. The molecule has 0 aromatic heterocycles. The maximum absolute atomic E-state index is 13.8. The predicted molar refractivity (Wildman–Crippen MR) is 75.0 cm³/mol. The van der Waals surface area contributed by atoms with Crippen LogP contribution < -0.4 is 10.5 Å². The van der Waals surface area contributed by atoms with Crippen molar-refractivity contribution in [1.82, 2.24) is 0 Å². The summed E-state index contributed by atoms with van der Waals surface area (Å²) in [4.78, 5) is 0. The van der Waals surface area contributed by atoms with E-state index < -0.39 is 11.9 Å². The van der Waals surface area contributed by atoms with Gasteiger partial charge in [-0.15, -0.1) is 0 Å². The smallest absolute Gasteiger partial charge is 0.135 e. The minimum absolute atomic E-state index is 0.328. The lowest BCUT2D eigenvalue weighted by Gasteiger charge is -2.15. The molecule has 2 N–H and O–H groups in total. The van der Waals surface area contributed by atoms with E-state index in [2.05, 4.69) is 6.07 Å². The molecule has 2 rings (SSSR count). The van der Waals surface area contributed by atoms with Crippen molar-refractivity contribution in [3.8, 4) is 17.6 Å². The summed E-state index contributed by atoms with van der Waals surface area (Å²) in [5.41, 5.74) is 7.47. The van der Waals surface area contributed by atoms with Gasteiger partial charge in [0.1, 0.15) is 17.3 Å². The largest absolute Gasteiger partial charge is 0.457 e. The molecule has 3 nitrogen and oxygen atoms in total. The highest BCUT2D eigenvalue weighted by Crippen LogP contribution is 2.32. The zero-order chi connectivity index (χ0) is 14.7. The second kappa shape index (κ2) is 5.72. The van der Waals surface area contributed by atoms with Crippen LogP contribution in [-0.2, 0) is 0 Å². The van der Waals surface area contributed by atoms with Gasteiger partial charge >= 0.3 is 0 Å². The number of rotatable bonds is 3. The van der Waals surface area contributed by atoms with Crippen molar-refractivity contribution >= 4 is 0 Å². The third kappa shape index (κ3) is 2.79. The van der Waals surface area contributed by atoms with Crippen molar-refractivity contribution in [1.29, 1.82) is 5.26 Å². The Kier molecular flexibility index (Phi) is 4.02. The lowest BCUT2D eigenvalue weighted by Crippen LogP contribution is -2.09. The van der Waals surface area contributed by atoms with Gasteiger partial charge in [-0.25, -0.2) is 4.39 Å². The Morgan fingerprint density at radius 2 is 2.00 bits per heavy atom. The number of nitrogens with two attached hydrogens (primary N) is 1. The maximum Gasteiger partial charge on any atom is 0.135 e. The summed E-state index contributed by atoms with van der Waals surface area (Å²) in [6.07, 6.45) is 0. The molecule has 0 radical (unpaired) electrons. The quantitative estimate of drug-likeness (QED) is 0.922. The minimum Gasteiger partial charge on any atom is -0.457 e. The van der Waals surface area contributed by atoms with Gasteiger partial charge in [-0.2, -0.15) is 5.26 Å². The second-order valence-electron chi connectivity index (χ2n) is 4.63. The van der Waals surface area contributed by atoms with Gasteiger partial charge in [0.05, 0.1) is 11.6 Å². The van der Waals surface area contributed by atoms with Crippen molar-refractivity contribution in [3.63, 3.8) is 0 Å². The van der Waals surface area contributed by atoms with E-state index in [1.165, 1.54) is 6.07 Å². The van der Waals surface area contributed by atoms with Crippen molar-refractivity contribution in [2.75, 3.05) is 0 Å². The summed E-state index contributed by atoms with van der Waals surface area (Å²) >= 11 is 0. The Morgan fingerprint density at radius 3 is 2.65 bits per heavy atom. The second-order valence-corrected chi connectivity index (χ2v) is 4.63. The SMILES string of the molecule is Cc1ccc(C#N)cc1Oc1cccc(F)c1[C@H](C)N. The van der Waals surface area contributed by atoms with E-state index >= 15 is 0 Å². The molecule has 0 spiro atoms. The Morgan fingerprint density at radius 1 is 1.25 bits per heavy atom. The van der Waals surface area contributed by atoms with E-state index in [9.17, 15) is 4.39 Å². The molecule has 0 saturated heterocycles. The number of hydrogen-bond acceptors (Lipinski definition) is 3. The molecule has 2 aromatic rings. The number of ether oxygens (including phenoxy) is 1. The Bertz CT molecular complexity index is 675. The molecule has 0 bridgehead atoms. The molecule has 0 aliphatic carbocycles. The van der Waals surface area contributed by atoms with Gasteiger partial charge in [-0.05, 0) is 43.7 Å². The molecule has 102 valence electrons. The molecule has 2 aromatic carbocycles. The summed E-state index contributed by atoms with van der Waals surface area (Å²) in [7, 11) is 0. The van der Waals surface area contributed by atoms with Gasteiger partial charge in [0, 0.05) is 11.6 Å². The zero-order valence-electron chi connectivity index (χ0n) is 11.4. The zero-order valence-corrected chi connectivity index (χ0v) is 11.4. The van der Waals surface area contributed by atoms with E-state index in [0.717, 1.165) is 5.56 Å². The highest BCUT2D eigenvalue weighted by Gasteiger charge is 2.15. The van der Waals surface area contributed by atoms with Crippen LogP contribution in [0.3, 0.4) is 0 Å². The molecule has 0 aliphatic rings. The lowest BCUT2D eigenvalue weighted by atomic mass is 10.1. The van der Waals surface area contributed by atoms with Crippen LogP contribution in [0.2, 0.25) is 0 Å². The molecular formula is C16H15FN2O. The van der Waals surface area contributed by atoms with Crippen LogP contribution >= 0.6 is 0 Å². The molecule has 0 saturated carbocycles. The molecule has 0 amide bonds. The highest BCUT2D eigenvalue weighted by atomic mass is 19.1. The standard InChI is InChI=1S/C16H15FN2O/c1-10-6-7-12(9-18)8-15(10)20-14-5-3-4-13(17)16(14)11(2)19/h3-8,11H,19H2,1-2H3/t11-/m0/s1. The topological polar surface area (TPSA) is 59.0 Å². The average molecular weight is 270 g/mol. The first kappa shape index (κ1) is 14.0. The molecular weight excluding hydrogens is 255 g/mol. The lowest BCUT2D eigenvalue weighted by molar-refractivity contribution is 0.457. The summed E-state index contributed by atoms with van der Waals surface area (Å²) in [5, 5.41) is 8.92. The molecule has 0 aliphatic heterocycles. The Labute approximate surface area is 117 Å². The fourth-order valence-corrected chi connectivity index (χ4v) is 1.95. The monoisotopic (exact) mass is 270 g/mol. The number of hydrogen-bond donors (Lipinski definition) is 1. The van der Waals surface area contributed by atoms with Gasteiger partial charge in [0.2, 0.25) is 0 Å². The van der Waals surface area contributed by atoms with Crippen LogP contribution in [0.4, 0.5) is 4.39 Å². The van der Waals surface area contributed by atoms with E-state index in [1.807, 2.05) is 6.92 Å². The van der Waals surface area contributed by atoms with Crippen LogP contribution in [0.1, 0.15) is 29.7 Å². The summed E-state index contributed by atoms with van der Waals surface area (Å²) in [6, 6.07) is 11.3. The molecule has 0 fully saturated rings. The van der Waals surface area contributed by atoms with E-state index in [-0.39, 0.29) is 0 Å². The number of aryl methyl sites for hydroxylation is 1. The van der Waals surface area contributed by atoms with Crippen LogP contribution in [0.25, 0.3) is 0 Å². The van der Waals surface area contributed by atoms with Crippen LogP contribution in [-0.4, -0.2) is 0 Å². The maximum atomic E-state index is 13.8. The summed E-state index contributed by atoms with van der Waals surface area (Å²) in [6.45, 7) is 3.56. The molecule has 0 heterocycles. The first-order valence-corrected chi connectivity index (χ1v) is 6.25. The normalized spacial score (nSPS) is 11.8. The predicted octanol–water partition coefficient (Wildman–Crippen LogP) is 3.82. The van der Waals surface area contributed by atoms with Gasteiger partial charge in [-0.1, -0.05) is 12.1 Å². The fraction of sp³-hybridized carbons (Fsp3) is 0.188. The minimum atomic E-state index is -0.481. The molecule has 1 atom stereocenters. The first-order chi connectivity index (χ1) is 9.52. The highest BCUT2D eigenvalue weighted by molar-refractivity contribution is 5.46. The van der Waals surface area contributed by atoms with Crippen LogP contribution in [0, 0.1) is 24.1 Å². The van der Waals surface area contributed by atoms with E-state index in [1.54, 1.807) is 37.3 Å². The first-order valence-electron chi connectivity index (χ1n) is 6.25. The van der Waals surface area contributed by atoms with Crippen LogP contribution in [0.15, 0.2) is 36.4 Å². The Balaban J connectivity index is 2.45. The molecule has 0 unspecified atom stereocenters. The third-order valence-corrected chi connectivity index (χ3v) is 3.01. The number of nitriles is 1. The van der Waals surface area contributed by atoms with Crippen LogP contribution in [0.5, 0.6) is 11.5 Å². The van der Waals surface area contributed by atoms with Gasteiger partial charge in [-0.3, -0.25) is 0 Å². The number of benzene rings is 2. The van der Waals surface area contributed by atoms with Gasteiger partial charge in [0.25, 0.3) is 0 Å². The molecule has 4 heteroatoms. The summed E-state index contributed by atoms with van der Waals surface area (Å²) in [5.74, 6) is 0.501. The third-order valence-electron chi connectivity index (χ3n) is 3.01. The summed E-state index contributed by atoms with van der Waals surface area (Å²) < 4.78 is 19.6. The number of nitrogens with zero attached hydrogens (tertiary/aromatic N) is 1.